The number of rotatable bonds is 3. The summed E-state index contributed by atoms with van der Waals surface area (Å²) in [5.41, 5.74) is 6.44. The van der Waals surface area contributed by atoms with Crippen LogP contribution in [0.15, 0.2) is 18.2 Å². The zero-order valence-electron chi connectivity index (χ0n) is 12.3. The third-order valence-corrected chi connectivity index (χ3v) is 4.84. The molecule has 2 atom stereocenters. The van der Waals surface area contributed by atoms with Crippen molar-refractivity contribution in [2.75, 3.05) is 26.2 Å². The molecule has 0 spiro atoms. The Kier molecular flexibility index (Phi) is 4.52. The summed E-state index contributed by atoms with van der Waals surface area (Å²) in [4.78, 5) is 4.80. The molecule has 5 heteroatoms. The molecule has 2 saturated heterocycles. The highest BCUT2D eigenvalue weighted by Crippen LogP contribution is 2.26. The zero-order valence-corrected chi connectivity index (χ0v) is 12.3. The van der Waals surface area contributed by atoms with Gasteiger partial charge in [0.25, 0.3) is 0 Å². The fourth-order valence-corrected chi connectivity index (χ4v) is 3.71. The lowest BCUT2D eigenvalue weighted by Gasteiger charge is -2.48. The molecule has 3 nitrogen and oxygen atoms in total. The van der Waals surface area contributed by atoms with Crippen molar-refractivity contribution >= 4 is 0 Å². The highest BCUT2D eigenvalue weighted by atomic mass is 19.1. The predicted octanol–water partition coefficient (Wildman–Crippen LogP) is 1.96. The first-order valence-corrected chi connectivity index (χ1v) is 7.79. The van der Waals surface area contributed by atoms with Crippen molar-refractivity contribution in [3.63, 3.8) is 0 Å². The molecule has 0 aromatic heterocycles. The van der Waals surface area contributed by atoms with Crippen molar-refractivity contribution in [2.45, 2.75) is 37.9 Å². The van der Waals surface area contributed by atoms with Crippen LogP contribution in [0, 0.1) is 11.6 Å². The van der Waals surface area contributed by atoms with Crippen LogP contribution in [0.25, 0.3) is 0 Å². The molecule has 2 heterocycles. The van der Waals surface area contributed by atoms with Crippen LogP contribution in [0.4, 0.5) is 8.78 Å². The average molecular weight is 295 g/mol. The van der Waals surface area contributed by atoms with Crippen LogP contribution >= 0.6 is 0 Å². The molecule has 2 unspecified atom stereocenters. The summed E-state index contributed by atoms with van der Waals surface area (Å²) in [5, 5.41) is 0. The molecule has 2 aliphatic rings. The van der Waals surface area contributed by atoms with Crippen LogP contribution in [-0.2, 0) is 6.54 Å². The summed E-state index contributed by atoms with van der Waals surface area (Å²) in [6, 6.07) is 4.90. The quantitative estimate of drug-likeness (QED) is 0.925. The van der Waals surface area contributed by atoms with Gasteiger partial charge >= 0.3 is 0 Å². The molecular formula is C16H23F2N3. The molecule has 3 rings (SSSR count). The van der Waals surface area contributed by atoms with E-state index in [2.05, 4.69) is 9.80 Å². The van der Waals surface area contributed by atoms with Gasteiger partial charge in [-0.2, -0.15) is 0 Å². The molecule has 0 radical (unpaired) electrons. The van der Waals surface area contributed by atoms with E-state index in [4.69, 9.17) is 5.73 Å². The lowest BCUT2D eigenvalue weighted by molar-refractivity contribution is 0.0100. The van der Waals surface area contributed by atoms with E-state index in [9.17, 15) is 8.78 Å². The fraction of sp³-hybridized carbons (Fsp3) is 0.625. The number of nitrogens with zero attached hydrogens (tertiary/aromatic N) is 2. The van der Waals surface area contributed by atoms with Gasteiger partial charge in [-0.25, -0.2) is 8.78 Å². The monoisotopic (exact) mass is 295 g/mol. The second kappa shape index (κ2) is 6.38. The average Bonchev–Trinajstić information content (AvgIpc) is 2.49. The lowest BCUT2D eigenvalue weighted by atomic mass is 9.93. The Morgan fingerprint density at radius 3 is 2.81 bits per heavy atom. The molecule has 0 saturated carbocycles. The summed E-state index contributed by atoms with van der Waals surface area (Å²) in [7, 11) is 0. The summed E-state index contributed by atoms with van der Waals surface area (Å²) in [5.74, 6) is -0.958. The van der Waals surface area contributed by atoms with Crippen LogP contribution in [0.2, 0.25) is 0 Å². The number of nitrogens with two attached hydrogens (primary N) is 1. The molecule has 1 aromatic carbocycles. The Balaban J connectivity index is 1.64. The molecule has 21 heavy (non-hydrogen) atoms. The number of benzene rings is 1. The molecule has 0 aliphatic carbocycles. The highest BCUT2D eigenvalue weighted by molar-refractivity contribution is 5.18. The standard InChI is InChI=1S/C16H23F2N3/c17-13-5-4-12(16(18)8-13)10-20-6-7-21-14(9-19)2-1-3-15(21)11-20/h4-5,8,14-15H,1-3,6-7,9-11,19H2. The maximum absolute atomic E-state index is 13.8. The van der Waals surface area contributed by atoms with Crippen LogP contribution < -0.4 is 5.73 Å². The van der Waals surface area contributed by atoms with Gasteiger partial charge in [0.1, 0.15) is 11.6 Å². The molecule has 2 N–H and O–H groups in total. The number of piperazine rings is 1. The van der Waals surface area contributed by atoms with E-state index >= 15 is 0 Å². The molecule has 1 aromatic rings. The van der Waals surface area contributed by atoms with E-state index in [0.717, 1.165) is 32.2 Å². The lowest BCUT2D eigenvalue weighted by Crippen LogP contribution is -2.59. The normalized spacial score (nSPS) is 27.6. The fourth-order valence-electron chi connectivity index (χ4n) is 3.71. The van der Waals surface area contributed by atoms with Gasteiger partial charge < -0.3 is 5.73 Å². The Labute approximate surface area is 124 Å². The minimum Gasteiger partial charge on any atom is -0.329 e. The van der Waals surface area contributed by atoms with E-state index in [1.165, 1.54) is 25.3 Å². The second-order valence-electron chi connectivity index (χ2n) is 6.18. The second-order valence-corrected chi connectivity index (χ2v) is 6.18. The van der Waals surface area contributed by atoms with Crippen molar-refractivity contribution in [1.82, 2.24) is 9.80 Å². The summed E-state index contributed by atoms with van der Waals surface area (Å²) < 4.78 is 26.7. The first-order valence-electron chi connectivity index (χ1n) is 7.79. The van der Waals surface area contributed by atoms with Gasteiger partial charge in [-0.05, 0) is 18.9 Å². The SMILES string of the molecule is NCC1CCCC2CN(Cc3ccc(F)cc3F)CCN12. The molecule has 0 bridgehead atoms. The van der Waals surface area contributed by atoms with Crippen molar-refractivity contribution < 1.29 is 8.78 Å². The van der Waals surface area contributed by atoms with Crippen molar-refractivity contribution in [1.29, 1.82) is 0 Å². The van der Waals surface area contributed by atoms with Gasteiger partial charge in [0.2, 0.25) is 0 Å². The number of piperidine rings is 1. The minimum atomic E-state index is -0.515. The Bertz CT molecular complexity index is 494. The first kappa shape index (κ1) is 14.9. The molecule has 116 valence electrons. The van der Waals surface area contributed by atoms with Crippen LogP contribution in [0.1, 0.15) is 24.8 Å². The Morgan fingerprint density at radius 1 is 1.19 bits per heavy atom. The van der Waals surface area contributed by atoms with Crippen molar-refractivity contribution in [3.05, 3.63) is 35.4 Å². The van der Waals surface area contributed by atoms with Gasteiger partial charge in [-0.3, -0.25) is 9.80 Å². The number of hydrogen-bond donors (Lipinski definition) is 1. The van der Waals surface area contributed by atoms with Gasteiger partial charge in [0, 0.05) is 56.4 Å². The largest absolute Gasteiger partial charge is 0.329 e. The zero-order chi connectivity index (χ0) is 14.8. The van der Waals surface area contributed by atoms with Crippen molar-refractivity contribution in [2.24, 2.45) is 5.73 Å². The van der Waals surface area contributed by atoms with E-state index in [1.54, 1.807) is 6.07 Å². The summed E-state index contributed by atoms with van der Waals surface area (Å²) in [6.45, 7) is 4.15. The van der Waals surface area contributed by atoms with Gasteiger partial charge in [0.15, 0.2) is 0 Å². The minimum absolute atomic E-state index is 0.444. The van der Waals surface area contributed by atoms with E-state index < -0.39 is 11.6 Å². The first-order chi connectivity index (χ1) is 10.2. The van der Waals surface area contributed by atoms with E-state index in [1.807, 2.05) is 0 Å². The van der Waals surface area contributed by atoms with Crippen LogP contribution in [0.3, 0.4) is 0 Å². The van der Waals surface area contributed by atoms with Gasteiger partial charge in [0.05, 0.1) is 0 Å². The summed E-state index contributed by atoms with van der Waals surface area (Å²) >= 11 is 0. The highest BCUT2D eigenvalue weighted by Gasteiger charge is 2.34. The van der Waals surface area contributed by atoms with Crippen LogP contribution in [-0.4, -0.2) is 48.1 Å². The third-order valence-electron chi connectivity index (χ3n) is 4.84. The number of fused-ring (bicyclic) bond motifs is 1. The smallest absolute Gasteiger partial charge is 0.130 e. The van der Waals surface area contributed by atoms with E-state index in [0.29, 0.717) is 24.2 Å². The molecule has 2 fully saturated rings. The summed E-state index contributed by atoms with van der Waals surface area (Å²) in [6.07, 6.45) is 3.61. The number of halogens is 2. The van der Waals surface area contributed by atoms with Gasteiger partial charge in [-0.1, -0.05) is 12.5 Å². The maximum Gasteiger partial charge on any atom is 0.130 e. The van der Waals surface area contributed by atoms with E-state index in [-0.39, 0.29) is 0 Å². The molecular weight excluding hydrogens is 272 g/mol. The topological polar surface area (TPSA) is 32.5 Å². The number of hydrogen-bond acceptors (Lipinski definition) is 3. The maximum atomic E-state index is 13.8. The van der Waals surface area contributed by atoms with Crippen molar-refractivity contribution in [3.8, 4) is 0 Å². The Hall–Kier alpha value is -1.04. The molecule has 0 amide bonds. The third kappa shape index (κ3) is 3.25. The van der Waals surface area contributed by atoms with Crippen LogP contribution in [0.5, 0.6) is 0 Å². The Morgan fingerprint density at radius 2 is 2.05 bits per heavy atom. The molecule has 2 aliphatic heterocycles. The predicted molar refractivity (Wildman–Crippen MR) is 78.8 cm³/mol. The van der Waals surface area contributed by atoms with Gasteiger partial charge in [-0.15, -0.1) is 0 Å².